The van der Waals surface area contributed by atoms with Crippen molar-refractivity contribution in [2.75, 3.05) is 0 Å². The second kappa shape index (κ2) is 2.96. The molecule has 0 aliphatic heterocycles. The highest BCUT2D eigenvalue weighted by Gasteiger charge is 2.38. The lowest BCUT2D eigenvalue weighted by atomic mass is 9.67. The van der Waals surface area contributed by atoms with Gasteiger partial charge in [-0.2, -0.15) is 0 Å². The molecule has 0 radical (unpaired) electrons. The summed E-state index contributed by atoms with van der Waals surface area (Å²) in [4.78, 5) is 11.1. The summed E-state index contributed by atoms with van der Waals surface area (Å²) in [5, 5.41) is 0. The number of carbonyl (C=O) groups excluding carboxylic acids is 1. The first kappa shape index (κ1) is 7.33. The molecule has 0 aromatic heterocycles. The predicted octanol–water partition coefficient (Wildman–Crippen LogP) is 2.55. The number of ketones is 1. The van der Waals surface area contributed by atoms with Crippen LogP contribution in [0.5, 0.6) is 0 Å². The molecule has 2 aliphatic carbocycles. The third-order valence-corrected chi connectivity index (χ3v) is 3.29. The van der Waals surface area contributed by atoms with E-state index in [1.807, 2.05) is 0 Å². The van der Waals surface area contributed by atoms with Crippen molar-refractivity contribution in [3.63, 3.8) is 0 Å². The van der Waals surface area contributed by atoms with Crippen molar-refractivity contribution in [3.05, 3.63) is 0 Å². The molecule has 2 saturated carbocycles. The molecule has 0 spiro atoms. The minimum atomic E-state index is 0.496. The number of hydrogen-bond acceptors (Lipinski definition) is 1. The average molecular weight is 152 g/mol. The summed E-state index contributed by atoms with van der Waals surface area (Å²) in [5.41, 5.74) is 0. The maximum atomic E-state index is 11.1. The molecule has 1 nitrogen and oxygen atoms in total. The summed E-state index contributed by atoms with van der Waals surface area (Å²) < 4.78 is 0. The van der Waals surface area contributed by atoms with Gasteiger partial charge in [-0.1, -0.05) is 25.7 Å². The zero-order valence-corrected chi connectivity index (χ0v) is 7.01. The van der Waals surface area contributed by atoms with Gasteiger partial charge in [0.2, 0.25) is 0 Å². The Labute approximate surface area is 68.2 Å². The Balaban J connectivity index is 1.92. The molecule has 2 fully saturated rings. The molecule has 0 aromatic rings. The van der Waals surface area contributed by atoms with Gasteiger partial charge >= 0.3 is 0 Å². The molecule has 0 saturated heterocycles. The first-order valence-corrected chi connectivity index (χ1v) is 4.90. The maximum absolute atomic E-state index is 11.1. The Morgan fingerprint density at radius 1 is 1.00 bits per heavy atom. The molecule has 11 heavy (non-hydrogen) atoms. The van der Waals surface area contributed by atoms with E-state index in [0.717, 1.165) is 12.3 Å². The van der Waals surface area contributed by atoms with Gasteiger partial charge in [-0.05, 0) is 18.8 Å². The van der Waals surface area contributed by atoms with Crippen LogP contribution < -0.4 is 0 Å². The summed E-state index contributed by atoms with van der Waals surface area (Å²) in [6.07, 6.45) is 8.86. The highest BCUT2D eigenvalue weighted by atomic mass is 16.1. The zero-order valence-electron chi connectivity index (χ0n) is 7.01. The van der Waals surface area contributed by atoms with E-state index < -0.39 is 0 Å². The number of carbonyl (C=O) groups is 1. The molecule has 2 rings (SSSR count). The smallest absolute Gasteiger partial charge is 0.136 e. The van der Waals surface area contributed by atoms with Gasteiger partial charge in [-0.25, -0.2) is 0 Å². The van der Waals surface area contributed by atoms with Crippen LogP contribution in [0.2, 0.25) is 0 Å². The number of hydrogen-bond donors (Lipinski definition) is 0. The number of Topliss-reactive ketones (excluding diaryl/α,β-unsaturated/α-hetero) is 1. The van der Waals surface area contributed by atoms with Crippen molar-refractivity contribution in [3.8, 4) is 0 Å². The zero-order chi connectivity index (χ0) is 7.68. The fourth-order valence-electron chi connectivity index (χ4n) is 2.48. The Morgan fingerprint density at radius 3 is 2.45 bits per heavy atom. The third kappa shape index (κ3) is 1.33. The molecule has 1 heteroatoms. The Kier molecular flexibility index (Phi) is 1.97. The van der Waals surface area contributed by atoms with Gasteiger partial charge in [0.05, 0.1) is 0 Å². The van der Waals surface area contributed by atoms with Crippen LogP contribution in [-0.2, 0) is 4.79 Å². The highest BCUT2D eigenvalue weighted by molar-refractivity contribution is 5.87. The van der Waals surface area contributed by atoms with Crippen LogP contribution in [0.1, 0.15) is 44.9 Å². The van der Waals surface area contributed by atoms with Crippen molar-refractivity contribution in [1.82, 2.24) is 0 Å². The van der Waals surface area contributed by atoms with Crippen LogP contribution >= 0.6 is 0 Å². The fourth-order valence-corrected chi connectivity index (χ4v) is 2.48. The normalized spacial score (nSPS) is 38.4. The van der Waals surface area contributed by atoms with Crippen molar-refractivity contribution in [2.45, 2.75) is 44.9 Å². The lowest BCUT2D eigenvalue weighted by Gasteiger charge is -2.36. The van der Waals surface area contributed by atoms with Crippen molar-refractivity contribution >= 4 is 5.78 Å². The average Bonchev–Trinajstić information content (AvgIpc) is 1.96. The van der Waals surface area contributed by atoms with E-state index in [1.165, 1.54) is 38.5 Å². The van der Waals surface area contributed by atoms with Crippen LogP contribution in [0, 0.1) is 11.8 Å². The van der Waals surface area contributed by atoms with Gasteiger partial charge in [-0.3, -0.25) is 4.79 Å². The predicted molar refractivity (Wildman–Crippen MR) is 44.3 cm³/mol. The molecular weight excluding hydrogens is 136 g/mol. The van der Waals surface area contributed by atoms with Crippen molar-refractivity contribution < 1.29 is 4.79 Å². The van der Waals surface area contributed by atoms with Crippen LogP contribution in [0.15, 0.2) is 0 Å². The van der Waals surface area contributed by atoms with E-state index in [9.17, 15) is 4.79 Å². The third-order valence-electron chi connectivity index (χ3n) is 3.29. The van der Waals surface area contributed by atoms with E-state index in [-0.39, 0.29) is 0 Å². The SMILES string of the molecule is O=C1C[C@H]2CCCCCC[C@@H]12. The molecule has 0 N–H and O–H groups in total. The van der Waals surface area contributed by atoms with Crippen LogP contribution in [0.25, 0.3) is 0 Å². The molecule has 0 unspecified atom stereocenters. The highest BCUT2D eigenvalue weighted by Crippen LogP contribution is 2.39. The standard InChI is InChI=1S/C10H16O/c11-10-7-8-5-3-1-2-4-6-9(8)10/h8-9H,1-7H2/t8-,9-/m1/s1. The lowest BCUT2D eigenvalue weighted by Crippen LogP contribution is -2.37. The fraction of sp³-hybridized carbons (Fsp3) is 0.900. The van der Waals surface area contributed by atoms with Crippen LogP contribution in [0.3, 0.4) is 0 Å². The molecule has 0 bridgehead atoms. The van der Waals surface area contributed by atoms with E-state index in [0.29, 0.717) is 11.7 Å². The van der Waals surface area contributed by atoms with Gasteiger partial charge in [0.25, 0.3) is 0 Å². The van der Waals surface area contributed by atoms with Gasteiger partial charge in [0, 0.05) is 12.3 Å². The number of rotatable bonds is 0. The molecule has 62 valence electrons. The Hall–Kier alpha value is -0.330. The topological polar surface area (TPSA) is 17.1 Å². The van der Waals surface area contributed by atoms with E-state index >= 15 is 0 Å². The summed E-state index contributed by atoms with van der Waals surface area (Å²) in [5.74, 6) is 1.84. The second-order valence-electron chi connectivity index (χ2n) is 4.03. The molecular formula is C10H16O. The summed E-state index contributed by atoms with van der Waals surface area (Å²) in [7, 11) is 0. The van der Waals surface area contributed by atoms with Crippen molar-refractivity contribution in [1.29, 1.82) is 0 Å². The first-order valence-electron chi connectivity index (χ1n) is 4.90. The van der Waals surface area contributed by atoms with Crippen molar-refractivity contribution in [2.24, 2.45) is 11.8 Å². The summed E-state index contributed by atoms with van der Waals surface area (Å²) in [6.45, 7) is 0. The quantitative estimate of drug-likeness (QED) is 0.521. The van der Waals surface area contributed by atoms with E-state index in [1.54, 1.807) is 0 Å². The maximum Gasteiger partial charge on any atom is 0.136 e. The van der Waals surface area contributed by atoms with Gasteiger partial charge in [0.15, 0.2) is 0 Å². The summed E-state index contributed by atoms with van der Waals surface area (Å²) in [6, 6.07) is 0. The van der Waals surface area contributed by atoms with E-state index in [2.05, 4.69) is 0 Å². The minimum Gasteiger partial charge on any atom is -0.299 e. The van der Waals surface area contributed by atoms with Gasteiger partial charge in [0.1, 0.15) is 5.78 Å². The Morgan fingerprint density at radius 2 is 1.73 bits per heavy atom. The second-order valence-corrected chi connectivity index (χ2v) is 4.03. The summed E-state index contributed by atoms with van der Waals surface area (Å²) >= 11 is 0. The number of fused-ring (bicyclic) bond motifs is 1. The lowest BCUT2D eigenvalue weighted by molar-refractivity contribution is -0.135. The van der Waals surface area contributed by atoms with E-state index in [4.69, 9.17) is 0 Å². The first-order chi connectivity index (χ1) is 5.38. The van der Waals surface area contributed by atoms with Gasteiger partial charge in [-0.15, -0.1) is 0 Å². The molecule has 0 amide bonds. The Bertz CT molecular complexity index is 162. The molecule has 2 atom stereocenters. The largest absolute Gasteiger partial charge is 0.299 e. The van der Waals surface area contributed by atoms with Crippen LogP contribution in [0.4, 0.5) is 0 Å². The molecule has 0 aromatic carbocycles. The molecule has 2 aliphatic rings. The van der Waals surface area contributed by atoms with Crippen LogP contribution in [-0.4, -0.2) is 5.78 Å². The monoisotopic (exact) mass is 152 g/mol. The van der Waals surface area contributed by atoms with Gasteiger partial charge < -0.3 is 0 Å². The minimum absolute atomic E-state index is 0.496. The molecule has 0 heterocycles.